The lowest BCUT2D eigenvalue weighted by atomic mass is 10.2. The summed E-state index contributed by atoms with van der Waals surface area (Å²) in [7, 11) is 0. The first-order valence-electron chi connectivity index (χ1n) is 6.64. The number of fused-ring (bicyclic) bond motifs is 1. The van der Waals surface area contributed by atoms with Gasteiger partial charge in [-0.25, -0.2) is 4.98 Å². The zero-order chi connectivity index (χ0) is 13.9. The van der Waals surface area contributed by atoms with Gasteiger partial charge in [-0.3, -0.25) is 4.68 Å². The van der Waals surface area contributed by atoms with Crippen LogP contribution in [0.25, 0.3) is 11.0 Å². The predicted octanol–water partition coefficient (Wildman–Crippen LogP) is 2.42. The molecule has 0 aliphatic carbocycles. The number of halogens is 1. The summed E-state index contributed by atoms with van der Waals surface area (Å²) in [5.41, 5.74) is 3.41. The van der Waals surface area contributed by atoms with Crippen molar-refractivity contribution in [3.05, 3.63) is 42.0 Å². The smallest absolute Gasteiger partial charge is 0.111 e. The zero-order valence-corrected chi connectivity index (χ0v) is 12.1. The van der Waals surface area contributed by atoms with E-state index in [4.69, 9.17) is 11.6 Å². The van der Waals surface area contributed by atoms with E-state index in [2.05, 4.69) is 45.0 Å². The molecule has 0 spiro atoms. The van der Waals surface area contributed by atoms with Crippen LogP contribution in [0.5, 0.6) is 0 Å². The summed E-state index contributed by atoms with van der Waals surface area (Å²) in [5, 5.41) is 7.82. The van der Waals surface area contributed by atoms with Gasteiger partial charge in [0.05, 0.1) is 23.8 Å². The molecule has 3 aromatic rings. The minimum atomic E-state index is 0.575. The van der Waals surface area contributed by atoms with Crippen molar-refractivity contribution in [3.8, 4) is 0 Å². The molecule has 6 heteroatoms. The van der Waals surface area contributed by atoms with Crippen LogP contribution in [0.4, 0.5) is 0 Å². The average Bonchev–Trinajstić information content (AvgIpc) is 3.04. The fourth-order valence-electron chi connectivity index (χ4n) is 2.36. The van der Waals surface area contributed by atoms with Crippen molar-refractivity contribution in [2.75, 3.05) is 5.88 Å². The molecule has 0 aliphatic heterocycles. The minimum Gasteiger partial charge on any atom is -0.326 e. The Balaban J connectivity index is 1.96. The van der Waals surface area contributed by atoms with E-state index >= 15 is 0 Å². The summed E-state index contributed by atoms with van der Waals surface area (Å²) in [4.78, 5) is 4.68. The number of aryl methyl sites for hydroxylation is 4. The van der Waals surface area contributed by atoms with Crippen LogP contribution in [-0.4, -0.2) is 30.4 Å². The summed E-state index contributed by atoms with van der Waals surface area (Å²) in [6, 6.07) is 6.32. The highest BCUT2D eigenvalue weighted by molar-refractivity contribution is 6.17. The molecule has 0 fully saturated rings. The molecule has 5 nitrogen and oxygen atoms in total. The highest BCUT2D eigenvalue weighted by Crippen LogP contribution is 2.18. The number of imidazole rings is 1. The Morgan fingerprint density at radius 1 is 1.25 bits per heavy atom. The van der Waals surface area contributed by atoms with Crippen molar-refractivity contribution in [1.29, 1.82) is 0 Å². The van der Waals surface area contributed by atoms with Gasteiger partial charge in [0.2, 0.25) is 0 Å². The Hall–Kier alpha value is -1.88. The molecule has 0 saturated heterocycles. The normalized spacial score (nSPS) is 11.3. The van der Waals surface area contributed by atoms with Crippen LogP contribution < -0.4 is 0 Å². The van der Waals surface area contributed by atoms with Crippen molar-refractivity contribution >= 4 is 22.6 Å². The maximum absolute atomic E-state index is 5.89. The van der Waals surface area contributed by atoms with Crippen LogP contribution in [0.1, 0.15) is 11.4 Å². The molecule has 0 aliphatic rings. The fourth-order valence-corrected chi connectivity index (χ4v) is 2.53. The second-order valence-electron chi connectivity index (χ2n) is 4.78. The van der Waals surface area contributed by atoms with Gasteiger partial charge in [0.1, 0.15) is 5.82 Å². The van der Waals surface area contributed by atoms with E-state index in [1.807, 2.05) is 10.9 Å². The Bertz CT molecular complexity index is 702. The number of rotatable bonds is 5. The van der Waals surface area contributed by atoms with Gasteiger partial charge >= 0.3 is 0 Å². The van der Waals surface area contributed by atoms with Gasteiger partial charge in [-0.2, -0.15) is 0 Å². The minimum absolute atomic E-state index is 0.575. The number of alkyl halides is 1. The van der Waals surface area contributed by atoms with E-state index in [0.29, 0.717) is 5.88 Å². The lowest BCUT2D eigenvalue weighted by Gasteiger charge is -2.08. The van der Waals surface area contributed by atoms with E-state index in [-0.39, 0.29) is 0 Å². The number of hydrogen-bond acceptors (Lipinski definition) is 3. The quantitative estimate of drug-likeness (QED) is 0.678. The Labute approximate surface area is 122 Å². The third-order valence-corrected chi connectivity index (χ3v) is 3.51. The van der Waals surface area contributed by atoms with E-state index < -0.39 is 0 Å². The largest absolute Gasteiger partial charge is 0.326 e. The van der Waals surface area contributed by atoms with E-state index in [0.717, 1.165) is 36.4 Å². The van der Waals surface area contributed by atoms with Crippen LogP contribution in [0, 0.1) is 6.92 Å². The summed E-state index contributed by atoms with van der Waals surface area (Å²) in [5.74, 6) is 1.60. The molecule has 0 amide bonds. The fraction of sp³-hybridized carbons (Fsp3) is 0.357. The number of nitrogens with zero attached hydrogens (tertiary/aromatic N) is 5. The Morgan fingerprint density at radius 3 is 2.90 bits per heavy atom. The van der Waals surface area contributed by atoms with Gasteiger partial charge in [0.15, 0.2) is 0 Å². The van der Waals surface area contributed by atoms with Gasteiger partial charge in [-0.1, -0.05) is 11.3 Å². The van der Waals surface area contributed by atoms with Crippen LogP contribution in [0.15, 0.2) is 30.6 Å². The van der Waals surface area contributed by atoms with Crippen LogP contribution in [-0.2, 0) is 19.5 Å². The molecule has 104 valence electrons. The standard InChI is InChI=1S/C14H16ClN5/c1-11-2-3-12-13(10-11)20(14(17-12)4-5-15)9-8-19-7-6-16-18-19/h2-3,6-7,10H,4-5,8-9H2,1H3. The topological polar surface area (TPSA) is 48.5 Å². The van der Waals surface area contributed by atoms with Gasteiger partial charge < -0.3 is 4.57 Å². The Morgan fingerprint density at radius 2 is 2.15 bits per heavy atom. The Kier molecular flexibility index (Phi) is 3.69. The zero-order valence-electron chi connectivity index (χ0n) is 11.3. The summed E-state index contributed by atoms with van der Waals surface area (Å²) < 4.78 is 4.05. The first-order chi connectivity index (χ1) is 9.78. The second-order valence-corrected chi connectivity index (χ2v) is 5.15. The van der Waals surface area contributed by atoms with Crippen LogP contribution >= 0.6 is 11.6 Å². The molecule has 0 unspecified atom stereocenters. The van der Waals surface area contributed by atoms with Crippen molar-refractivity contribution in [2.45, 2.75) is 26.4 Å². The highest BCUT2D eigenvalue weighted by Gasteiger charge is 2.10. The number of benzene rings is 1. The maximum Gasteiger partial charge on any atom is 0.111 e. The van der Waals surface area contributed by atoms with Crippen LogP contribution in [0.2, 0.25) is 0 Å². The van der Waals surface area contributed by atoms with Crippen molar-refractivity contribution < 1.29 is 0 Å². The molecular formula is C14H16ClN5. The van der Waals surface area contributed by atoms with Gasteiger partial charge in [0, 0.05) is 25.0 Å². The highest BCUT2D eigenvalue weighted by atomic mass is 35.5. The summed E-state index contributed by atoms with van der Waals surface area (Å²) in [6.45, 7) is 3.68. The third-order valence-electron chi connectivity index (χ3n) is 3.33. The molecule has 0 N–H and O–H groups in total. The van der Waals surface area contributed by atoms with Gasteiger partial charge in [-0.05, 0) is 24.6 Å². The molecule has 0 radical (unpaired) electrons. The van der Waals surface area contributed by atoms with Gasteiger partial charge in [0.25, 0.3) is 0 Å². The molecule has 1 aromatic carbocycles. The molecular weight excluding hydrogens is 274 g/mol. The summed E-state index contributed by atoms with van der Waals surface area (Å²) in [6.07, 6.45) is 4.33. The van der Waals surface area contributed by atoms with E-state index in [1.54, 1.807) is 6.20 Å². The first-order valence-corrected chi connectivity index (χ1v) is 7.17. The lowest BCUT2D eigenvalue weighted by Crippen LogP contribution is -2.11. The lowest BCUT2D eigenvalue weighted by molar-refractivity contribution is 0.516. The SMILES string of the molecule is Cc1ccc2nc(CCCl)n(CCn3ccnn3)c2c1. The molecule has 2 aromatic heterocycles. The second kappa shape index (κ2) is 5.63. The number of hydrogen-bond donors (Lipinski definition) is 0. The molecule has 3 rings (SSSR count). The van der Waals surface area contributed by atoms with Gasteiger partial charge in [-0.15, -0.1) is 16.7 Å². The monoisotopic (exact) mass is 289 g/mol. The van der Waals surface area contributed by atoms with Crippen molar-refractivity contribution in [2.24, 2.45) is 0 Å². The molecule has 0 bridgehead atoms. The maximum atomic E-state index is 5.89. The average molecular weight is 290 g/mol. The molecule has 0 saturated carbocycles. The first kappa shape index (κ1) is 13.1. The number of aromatic nitrogens is 5. The molecule has 20 heavy (non-hydrogen) atoms. The van der Waals surface area contributed by atoms with Crippen LogP contribution in [0.3, 0.4) is 0 Å². The summed E-state index contributed by atoms with van der Waals surface area (Å²) >= 11 is 5.89. The van der Waals surface area contributed by atoms with E-state index in [1.165, 1.54) is 5.56 Å². The molecule has 2 heterocycles. The van der Waals surface area contributed by atoms with E-state index in [9.17, 15) is 0 Å². The predicted molar refractivity (Wildman–Crippen MR) is 78.9 cm³/mol. The molecule has 0 atom stereocenters. The van der Waals surface area contributed by atoms with Crippen molar-refractivity contribution in [1.82, 2.24) is 24.5 Å². The van der Waals surface area contributed by atoms with Crippen molar-refractivity contribution in [3.63, 3.8) is 0 Å². The third kappa shape index (κ3) is 2.54.